The van der Waals surface area contributed by atoms with E-state index in [1.807, 2.05) is 29.3 Å². The molecule has 3 aliphatic rings. The summed E-state index contributed by atoms with van der Waals surface area (Å²) >= 11 is 0. The Balaban J connectivity index is 1.53. The topological polar surface area (TPSA) is 74.2 Å². The Labute approximate surface area is 158 Å². The Morgan fingerprint density at radius 2 is 1.74 bits per heavy atom. The predicted molar refractivity (Wildman–Crippen MR) is 107 cm³/mol. The van der Waals surface area contributed by atoms with Gasteiger partial charge in [-0.1, -0.05) is 54.6 Å². The number of aliphatic hydroxyl groups excluding tert-OH is 1. The molecule has 27 heavy (non-hydrogen) atoms. The molecule has 0 amide bonds. The summed E-state index contributed by atoms with van der Waals surface area (Å²) in [5.41, 5.74) is 9.80. The molecule has 2 unspecified atom stereocenters. The molecule has 5 heteroatoms. The monoisotopic (exact) mass is 358 g/mol. The zero-order chi connectivity index (χ0) is 18.4. The number of aliphatic hydroxyl groups is 1. The second-order valence-electron chi connectivity index (χ2n) is 7.55. The largest absolute Gasteiger partial charge is 0.493 e. The fourth-order valence-electron chi connectivity index (χ4n) is 4.18. The summed E-state index contributed by atoms with van der Waals surface area (Å²) < 4.78 is 0. The highest BCUT2D eigenvalue weighted by Gasteiger charge is 2.39. The molecule has 2 heterocycles. The molecule has 1 saturated carbocycles. The van der Waals surface area contributed by atoms with Crippen LogP contribution in [0.1, 0.15) is 48.0 Å². The highest BCUT2D eigenvalue weighted by molar-refractivity contribution is 6.01. The standard InChI is InChI=1S/C22H22N4O/c23-22(12-4-13-22)17-9-7-15(8-10-17)19-20(16-5-2-1-3-6-16)26-14-11-18(27)24-21(26)25-19/h1-3,5-11,14,19-20H,4,12-13,23H2,(H,24,25,27). The van der Waals surface area contributed by atoms with E-state index in [-0.39, 0.29) is 23.5 Å². The van der Waals surface area contributed by atoms with Crippen LogP contribution in [0, 0.1) is 0 Å². The quantitative estimate of drug-likeness (QED) is 0.872. The van der Waals surface area contributed by atoms with Crippen molar-refractivity contribution in [1.29, 1.82) is 0 Å². The first-order valence-electron chi connectivity index (χ1n) is 9.40. The van der Waals surface area contributed by atoms with Gasteiger partial charge in [0.05, 0.1) is 6.04 Å². The van der Waals surface area contributed by atoms with E-state index in [9.17, 15) is 5.11 Å². The van der Waals surface area contributed by atoms with Crippen LogP contribution in [0.4, 0.5) is 0 Å². The third kappa shape index (κ3) is 2.66. The average molecular weight is 358 g/mol. The van der Waals surface area contributed by atoms with Gasteiger partial charge in [-0.3, -0.25) is 0 Å². The van der Waals surface area contributed by atoms with Crippen LogP contribution in [-0.2, 0) is 5.54 Å². The predicted octanol–water partition coefficient (Wildman–Crippen LogP) is 3.96. The highest BCUT2D eigenvalue weighted by Crippen LogP contribution is 2.44. The minimum absolute atomic E-state index is 0.00990. The number of rotatable bonds is 3. The van der Waals surface area contributed by atoms with Crippen LogP contribution in [0.15, 0.2) is 76.9 Å². The first-order chi connectivity index (χ1) is 13.1. The molecule has 1 aliphatic carbocycles. The Morgan fingerprint density at radius 3 is 2.41 bits per heavy atom. The van der Waals surface area contributed by atoms with Gasteiger partial charge in [-0.25, -0.2) is 4.99 Å². The molecular weight excluding hydrogens is 336 g/mol. The van der Waals surface area contributed by atoms with Gasteiger partial charge in [-0.05, 0) is 36.0 Å². The van der Waals surface area contributed by atoms with Crippen molar-refractivity contribution >= 4 is 11.9 Å². The Kier molecular flexibility index (Phi) is 3.65. The van der Waals surface area contributed by atoms with E-state index in [2.05, 4.69) is 41.4 Å². The van der Waals surface area contributed by atoms with Crippen LogP contribution in [0.3, 0.4) is 0 Å². The number of fused-ring (bicyclic) bond motifs is 1. The molecule has 0 saturated heterocycles. The fraction of sp³-hybridized carbons (Fsp3) is 0.273. The van der Waals surface area contributed by atoms with Gasteiger partial charge in [-0.2, -0.15) is 4.99 Å². The van der Waals surface area contributed by atoms with E-state index in [0.29, 0.717) is 5.96 Å². The van der Waals surface area contributed by atoms with Gasteiger partial charge in [0.1, 0.15) is 6.04 Å². The molecule has 0 aromatic heterocycles. The number of nitrogens with zero attached hydrogens (tertiary/aromatic N) is 3. The second-order valence-corrected chi connectivity index (χ2v) is 7.55. The van der Waals surface area contributed by atoms with E-state index >= 15 is 0 Å². The van der Waals surface area contributed by atoms with E-state index in [4.69, 9.17) is 10.7 Å². The lowest BCUT2D eigenvalue weighted by Crippen LogP contribution is -2.43. The van der Waals surface area contributed by atoms with Crippen LogP contribution in [0.25, 0.3) is 0 Å². The highest BCUT2D eigenvalue weighted by atomic mass is 16.3. The maximum Gasteiger partial charge on any atom is 0.229 e. The number of benzene rings is 2. The summed E-state index contributed by atoms with van der Waals surface area (Å²) in [6.07, 6.45) is 6.77. The van der Waals surface area contributed by atoms with Crippen LogP contribution in [0.5, 0.6) is 0 Å². The zero-order valence-corrected chi connectivity index (χ0v) is 15.0. The van der Waals surface area contributed by atoms with E-state index < -0.39 is 0 Å². The molecule has 2 aliphatic heterocycles. The Bertz CT molecular complexity index is 942. The van der Waals surface area contributed by atoms with Crippen molar-refractivity contribution in [2.24, 2.45) is 15.7 Å². The summed E-state index contributed by atoms with van der Waals surface area (Å²) in [6, 6.07) is 18.8. The fourth-order valence-corrected chi connectivity index (χ4v) is 4.18. The molecule has 1 fully saturated rings. The molecule has 2 aromatic rings. The summed E-state index contributed by atoms with van der Waals surface area (Å²) in [5, 5.41) is 9.77. The third-order valence-corrected chi connectivity index (χ3v) is 5.90. The van der Waals surface area contributed by atoms with Crippen molar-refractivity contribution in [1.82, 2.24) is 4.90 Å². The van der Waals surface area contributed by atoms with Crippen molar-refractivity contribution < 1.29 is 5.11 Å². The summed E-state index contributed by atoms with van der Waals surface area (Å²) in [4.78, 5) is 11.1. The van der Waals surface area contributed by atoms with Crippen LogP contribution in [0.2, 0.25) is 0 Å². The molecular formula is C22H22N4O. The van der Waals surface area contributed by atoms with Gasteiger partial charge in [0.2, 0.25) is 11.9 Å². The van der Waals surface area contributed by atoms with Gasteiger partial charge in [0, 0.05) is 17.8 Å². The first-order valence-corrected chi connectivity index (χ1v) is 9.40. The summed E-state index contributed by atoms with van der Waals surface area (Å²) in [5.74, 6) is 0.537. The van der Waals surface area contributed by atoms with Crippen molar-refractivity contribution in [2.45, 2.75) is 36.9 Å². The molecule has 0 bridgehead atoms. The van der Waals surface area contributed by atoms with Crippen molar-refractivity contribution in [3.63, 3.8) is 0 Å². The number of hydrogen-bond donors (Lipinski definition) is 2. The molecule has 0 radical (unpaired) electrons. The van der Waals surface area contributed by atoms with E-state index in [1.54, 1.807) is 6.08 Å². The van der Waals surface area contributed by atoms with Gasteiger partial charge >= 0.3 is 0 Å². The minimum atomic E-state index is -0.158. The average Bonchev–Trinajstić information content (AvgIpc) is 3.05. The third-order valence-electron chi connectivity index (χ3n) is 5.90. The van der Waals surface area contributed by atoms with Crippen LogP contribution >= 0.6 is 0 Å². The van der Waals surface area contributed by atoms with E-state index in [0.717, 1.165) is 18.4 Å². The summed E-state index contributed by atoms with van der Waals surface area (Å²) in [7, 11) is 0. The summed E-state index contributed by atoms with van der Waals surface area (Å²) in [6.45, 7) is 0. The van der Waals surface area contributed by atoms with Gasteiger partial charge in [-0.15, -0.1) is 0 Å². The Morgan fingerprint density at radius 1 is 1.00 bits per heavy atom. The van der Waals surface area contributed by atoms with Gasteiger partial charge in [0.15, 0.2) is 0 Å². The van der Waals surface area contributed by atoms with Crippen molar-refractivity contribution in [2.75, 3.05) is 0 Å². The lowest BCUT2D eigenvalue weighted by atomic mass is 9.72. The number of nitrogens with two attached hydrogens (primary N) is 1. The van der Waals surface area contributed by atoms with E-state index in [1.165, 1.54) is 17.5 Å². The molecule has 5 nitrogen and oxygen atoms in total. The molecule has 0 spiro atoms. The smallest absolute Gasteiger partial charge is 0.229 e. The van der Waals surface area contributed by atoms with Crippen molar-refractivity contribution in [3.8, 4) is 0 Å². The number of guanidine groups is 1. The van der Waals surface area contributed by atoms with Gasteiger partial charge < -0.3 is 15.7 Å². The minimum Gasteiger partial charge on any atom is -0.493 e. The lowest BCUT2D eigenvalue weighted by molar-refractivity contribution is 0.253. The first kappa shape index (κ1) is 16.3. The maximum absolute atomic E-state index is 9.77. The number of hydrogen-bond acceptors (Lipinski definition) is 4. The Hall–Kier alpha value is -2.92. The zero-order valence-electron chi connectivity index (χ0n) is 15.0. The maximum atomic E-state index is 9.77. The normalized spacial score (nSPS) is 25.4. The molecule has 136 valence electrons. The lowest BCUT2D eigenvalue weighted by Gasteiger charge is -2.38. The molecule has 2 aromatic carbocycles. The van der Waals surface area contributed by atoms with Crippen LogP contribution in [-0.4, -0.2) is 21.9 Å². The molecule has 2 atom stereocenters. The SMILES string of the molecule is NC1(c2ccc(C3N=C4N=C(O)C=CN4C3c3ccccc3)cc2)CCC1. The van der Waals surface area contributed by atoms with Crippen LogP contribution < -0.4 is 5.73 Å². The molecule has 3 N–H and O–H groups in total. The van der Waals surface area contributed by atoms with Crippen molar-refractivity contribution in [3.05, 3.63) is 83.6 Å². The molecule has 5 rings (SSSR count). The number of aliphatic imine (C=N–C) groups is 2. The second kappa shape index (κ2) is 6.06. The van der Waals surface area contributed by atoms with Gasteiger partial charge in [0.25, 0.3) is 0 Å².